The molecule has 1 rings (SSSR count). The van der Waals surface area contributed by atoms with Crippen LogP contribution < -0.4 is 10.5 Å². The fourth-order valence-electron chi connectivity index (χ4n) is 1.26. The lowest BCUT2D eigenvalue weighted by Gasteiger charge is -2.05. The van der Waals surface area contributed by atoms with Gasteiger partial charge >= 0.3 is 0 Å². The number of aryl methyl sites for hydroxylation is 1. The van der Waals surface area contributed by atoms with E-state index in [1.165, 1.54) is 11.1 Å². The Labute approximate surface area is 101 Å². The van der Waals surface area contributed by atoms with Gasteiger partial charge in [0.05, 0.1) is 7.11 Å². The fraction of sp³-hybridized carbons (Fsp3) is 0.571. The van der Waals surface area contributed by atoms with E-state index in [0.29, 0.717) is 6.54 Å². The smallest absolute Gasteiger partial charge is 0.121 e. The third kappa shape index (κ3) is 6.46. The maximum absolute atomic E-state index is 5.45. The highest BCUT2D eigenvalue weighted by molar-refractivity contribution is 5.36. The van der Waals surface area contributed by atoms with Crippen LogP contribution in [0.15, 0.2) is 18.2 Å². The van der Waals surface area contributed by atoms with Crippen molar-refractivity contribution in [2.75, 3.05) is 13.7 Å². The SMILES string of the molecule is CC.CC.COc1ccc(CCN)cc1C. The van der Waals surface area contributed by atoms with Crippen molar-refractivity contribution in [3.8, 4) is 5.75 Å². The molecule has 0 heterocycles. The van der Waals surface area contributed by atoms with E-state index in [1.54, 1.807) is 7.11 Å². The molecular formula is C14H27NO. The average Bonchev–Trinajstić information content (AvgIpc) is 2.35. The number of hydrogen-bond acceptors (Lipinski definition) is 2. The van der Waals surface area contributed by atoms with Gasteiger partial charge in [-0.25, -0.2) is 0 Å². The number of ether oxygens (including phenoxy) is 1. The van der Waals surface area contributed by atoms with E-state index >= 15 is 0 Å². The molecule has 1 aromatic rings. The Balaban J connectivity index is 0. The maximum atomic E-state index is 5.45. The highest BCUT2D eigenvalue weighted by atomic mass is 16.5. The average molecular weight is 225 g/mol. The highest BCUT2D eigenvalue weighted by Gasteiger charge is 1.98. The van der Waals surface area contributed by atoms with Crippen LogP contribution in [0.3, 0.4) is 0 Å². The van der Waals surface area contributed by atoms with Gasteiger partial charge in [0.15, 0.2) is 0 Å². The lowest BCUT2D eigenvalue weighted by Crippen LogP contribution is -2.02. The van der Waals surface area contributed by atoms with Gasteiger partial charge in [0.1, 0.15) is 5.75 Å². The summed E-state index contributed by atoms with van der Waals surface area (Å²) in [6.07, 6.45) is 0.935. The van der Waals surface area contributed by atoms with E-state index in [-0.39, 0.29) is 0 Å². The summed E-state index contributed by atoms with van der Waals surface area (Å²) in [5.41, 5.74) is 7.89. The van der Waals surface area contributed by atoms with Crippen molar-refractivity contribution in [3.63, 3.8) is 0 Å². The Bertz CT molecular complexity index is 259. The number of methoxy groups -OCH3 is 1. The number of hydrogen-bond donors (Lipinski definition) is 1. The molecule has 0 aromatic heterocycles. The molecule has 0 saturated carbocycles. The van der Waals surface area contributed by atoms with E-state index in [2.05, 4.69) is 12.1 Å². The van der Waals surface area contributed by atoms with Gasteiger partial charge in [-0.15, -0.1) is 0 Å². The molecule has 94 valence electrons. The number of rotatable bonds is 3. The van der Waals surface area contributed by atoms with Crippen LogP contribution >= 0.6 is 0 Å². The van der Waals surface area contributed by atoms with Gasteiger partial charge in [0.25, 0.3) is 0 Å². The monoisotopic (exact) mass is 225 g/mol. The van der Waals surface area contributed by atoms with Crippen LogP contribution in [0.4, 0.5) is 0 Å². The molecule has 0 spiro atoms. The molecular weight excluding hydrogens is 198 g/mol. The molecule has 0 amide bonds. The van der Waals surface area contributed by atoms with Crippen LogP contribution in [-0.2, 0) is 6.42 Å². The van der Waals surface area contributed by atoms with E-state index in [1.807, 2.05) is 40.7 Å². The summed E-state index contributed by atoms with van der Waals surface area (Å²) < 4.78 is 5.15. The van der Waals surface area contributed by atoms with Crippen LogP contribution in [0.1, 0.15) is 38.8 Å². The quantitative estimate of drug-likeness (QED) is 0.853. The van der Waals surface area contributed by atoms with E-state index < -0.39 is 0 Å². The van der Waals surface area contributed by atoms with E-state index in [9.17, 15) is 0 Å². The molecule has 0 aliphatic rings. The Hall–Kier alpha value is -1.02. The minimum Gasteiger partial charge on any atom is -0.496 e. The van der Waals surface area contributed by atoms with Crippen molar-refractivity contribution in [1.29, 1.82) is 0 Å². The second-order valence-corrected chi connectivity index (χ2v) is 2.84. The molecule has 2 heteroatoms. The third-order valence-electron chi connectivity index (χ3n) is 1.89. The van der Waals surface area contributed by atoms with Gasteiger partial charge < -0.3 is 10.5 Å². The van der Waals surface area contributed by atoms with Gasteiger partial charge in [0, 0.05) is 0 Å². The van der Waals surface area contributed by atoms with E-state index in [0.717, 1.165) is 12.2 Å². The van der Waals surface area contributed by atoms with Crippen molar-refractivity contribution in [1.82, 2.24) is 0 Å². The fourth-order valence-corrected chi connectivity index (χ4v) is 1.26. The molecule has 0 radical (unpaired) electrons. The van der Waals surface area contributed by atoms with Crippen molar-refractivity contribution in [3.05, 3.63) is 29.3 Å². The van der Waals surface area contributed by atoms with Gasteiger partial charge in [-0.05, 0) is 37.1 Å². The van der Waals surface area contributed by atoms with Gasteiger partial charge in [-0.2, -0.15) is 0 Å². The summed E-state index contributed by atoms with van der Waals surface area (Å²) in [7, 11) is 1.69. The van der Waals surface area contributed by atoms with Crippen LogP contribution in [0, 0.1) is 6.92 Å². The Morgan fingerprint density at radius 3 is 2.06 bits per heavy atom. The molecule has 0 saturated heterocycles. The van der Waals surface area contributed by atoms with Gasteiger partial charge in [0.2, 0.25) is 0 Å². The molecule has 0 unspecified atom stereocenters. The summed E-state index contributed by atoms with van der Waals surface area (Å²) in [5.74, 6) is 0.941. The Morgan fingerprint density at radius 2 is 1.69 bits per heavy atom. The summed E-state index contributed by atoms with van der Waals surface area (Å²) in [6, 6.07) is 6.16. The molecule has 0 aliphatic heterocycles. The minimum absolute atomic E-state index is 0.700. The molecule has 0 bridgehead atoms. The number of benzene rings is 1. The second-order valence-electron chi connectivity index (χ2n) is 2.84. The zero-order valence-electron chi connectivity index (χ0n) is 11.6. The first-order valence-electron chi connectivity index (χ1n) is 6.11. The number of nitrogens with two attached hydrogens (primary N) is 1. The first kappa shape index (κ1) is 17.4. The summed E-state index contributed by atoms with van der Waals surface area (Å²) in [5, 5.41) is 0. The lowest BCUT2D eigenvalue weighted by atomic mass is 10.1. The second kappa shape index (κ2) is 12.1. The van der Waals surface area contributed by atoms with Crippen LogP contribution in [0.2, 0.25) is 0 Å². The molecule has 0 aliphatic carbocycles. The van der Waals surface area contributed by atoms with Crippen molar-refractivity contribution in [2.24, 2.45) is 5.73 Å². The molecule has 16 heavy (non-hydrogen) atoms. The molecule has 1 aromatic carbocycles. The molecule has 0 atom stereocenters. The highest BCUT2D eigenvalue weighted by Crippen LogP contribution is 2.18. The normalized spacial score (nSPS) is 8.19. The summed E-state index contributed by atoms with van der Waals surface area (Å²) >= 11 is 0. The largest absolute Gasteiger partial charge is 0.496 e. The van der Waals surface area contributed by atoms with Crippen molar-refractivity contribution >= 4 is 0 Å². The van der Waals surface area contributed by atoms with Crippen LogP contribution in [0.5, 0.6) is 5.75 Å². The van der Waals surface area contributed by atoms with Gasteiger partial charge in [-0.3, -0.25) is 0 Å². The van der Waals surface area contributed by atoms with Gasteiger partial charge in [-0.1, -0.05) is 39.8 Å². The predicted molar refractivity (Wildman–Crippen MR) is 73.2 cm³/mol. The van der Waals surface area contributed by atoms with Crippen LogP contribution in [0.25, 0.3) is 0 Å². The Kier molecular flexibility index (Phi) is 13.1. The zero-order chi connectivity index (χ0) is 13.0. The zero-order valence-corrected chi connectivity index (χ0v) is 11.6. The first-order chi connectivity index (χ1) is 7.77. The summed E-state index contributed by atoms with van der Waals surface area (Å²) in [6.45, 7) is 10.7. The molecule has 2 nitrogen and oxygen atoms in total. The van der Waals surface area contributed by atoms with E-state index in [4.69, 9.17) is 10.5 Å². The van der Waals surface area contributed by atoms with Crippen molar-refractivity contribution in [2.45, 2.75) is 41.0 Å². The molecule has 2 N–H and O–H groups in total. The standard InChI is InChI=1S/C10H15NO.2C2H6/c1-8-7-9(5-6-11)3-4-10(8)12-2;2*1-2/h3-4,7H,5-6,11H2,1-2H3;2*1-2H3. The summed E-state index contributed by atoms with van der Waals surface area (Å²) in [4.78, 5) is 0. The Morgan fingerprint density at radius 1 is 1.12 bits per heavy atom. The van der Waals surface area contributed by atoms with Crippen LogP contribution in [-0.4, -0.2) is 13.7 Å². The maximum Gasteiger partial charge on any atom is 0.121 e. The lowest BCUT2D eigenvalue weighted by molar-refractivity contribution is 0.411. The molecule has 0 fully saturated rings. The van der Waals surface area contributed by atoms with Crippen molar-refractivity contribution < 1.29 is 4.74 Å². The first-order valence-corrected chi connectivity index (χ1v) is 6.11. The predicted octanol–water partition coefficient (Wildman–Crippen LogP) is 3.56. The minimum atomic E-state index is 0.700. The topological polar surface area (TPSA) is 35.2 Å². The third-order valence-corrected chi connectivity index (χ3v) is 1.89.